The van der Waals surface area contributed by atoms with Crippen LogP contribution in [0.15, 0.2) is 6.33 Å². The van der Waals surface area contributed by atoms with E-state index in [0.29, 0.717) is 18.1 Å². The summed E-state index contributed by atoms with van der Waals surface area (Å²) >= 11 is 5.96. The van der Waals surface area contributed by atoms with Crippen molar-refractivity contribution < 1.29 is 14.3 Å². The summed E-state index contributed by atoms with van der Waals surface area (Å²) in [6, 6.07) is 0.0193. The minimum absolute atomic E-state index is 0.0193. The van der Waals surface area contributed by atoms with Crippen molar-refractivity contribution in [1.82, 2.24) is 15.3 Å². The van der Waals surface area contributed by atoms with Gasteiger partial charge in [-0.2, -0.15) is 0 Å². The molecule has 104 valence electrons. The fourth-order valence-corrected chi connectivity index (χ4v) is 2.25. The van der Waals surface area contributed by atoms with Gasteiger partial charge in [0.05, 0.1) is 20.3 Å². The summed E-state index contributed by atoms with van der Waals surface area (Å²) in [6.07, 6.45) is 1.76. The number of amides is 1. The van der Waals surface area contributed by atoms with Crippen molar-refractivity contribution in [2.45, 2.75) is 12.5 Å². The van der Waals surface area contributed by atoms with E-state index in [4.69, 9.17) is 16.3 Å². The molecule has 2 heterocycles. The van der Waals surface area contributed by atoms with Crippen molar-refractivity contribution in [2.24, 2.45) is 0 Å². The van der Waals surface area contributed by atoms with Gasteiger partial charge in [0.25, 0.3) is 0 Å². The fraction of sp³-hybridized carbons (Fsp3) is 0.545. The maximum absolute atomic E-state index is 11.2. The minimum Gasteiger partial charge on any atom is -0.490 e. The number of carbonyl (C=O) groups is 1. The van der Waals surface area contributed by atoms with E-state index in [-0.39, 0.29) is 11.2 Å². The van der Waals surface area contributed by atoms with Crippen LogP contribution >= 0.6 is 11.6 Å². The lowest BCUT2D eigenvalue weighted by Crippen LogP contribution is -2.37. The second-order valence-corrected chi connectivity index (χ2v) is 4.45. The number of nitrogens with one attached hydrogen (secondary N) is 1. The van der Waals surface area contributed by atoms with Gasteiger partial charge < -0.3 is 19.7 Å². The Morgan fingerprint density at radius 1 is 1.53 bits per heavy atom. The van der Waals surface area contributed by atoms with Gasteiger partial charge in [0, 0.05) is 13.1 Å². The lowest BCUT2D eigenvalue weighted by atomic mass is 10.3. The number of rotatable bonds is 3. The molecule has 0 radical (unpaired) electrons. The highest BCUT2D eigenvalue weighted by atomic mass is 35.5. The molecule has 7 nitrogen and oxygen atoms in total. The molecule has 8 heteroatoms. The Balaban J connectivity index is 2.09. The molecule has 0 aromatic carbocycles. The molecule has 1 unspecified atom stereocenters. The average Bonchev–Trinajstić information content (AvgIpc) is 2.86. The van der Waals surface area contributed by atoms with E-state index in [1.165, 1.54) is 20.5 Å². The number of anilines is 1. The number of carbonyl (C=O) groups excluding carboxylic acids is 1. The smallest absolute Gasteiger partial charge is 0.407 e. The second kappa shape index (κ2) is 5.92. The van der Waals surface area contributed by atoms with Crippen LogP contribution in [0.1, 0.15) is 6.42 Å². The topological polar surface area (TPSA) is 76.6 Å². The highest BCUT2D eigenvalue weighted by Gasteiger charge is 2.27. The van der Waals surface area contributed by atoms with E-state index in [0.717, 1.165) is 13.0 Å². The number of hydrogen-bond donors (Lipinski definition) is 1. The Hall–Kier alpha value is -1.76. The largest absolute Gasteiger partial charge is 0.490 e. The first-order valence-electron chi connectivity index (χ1n) is 5.79. The van der Waals surface area contributed by atoms with Gasteiger partial charge in [-0.3, -0.25) is 0 Å². The van der Waals surface area contributed by atoms with Crippen LogP contribution in [-0.2, 0) is 4.74 Å². The van der Waals surface area contributed by atoms with E-state index >= 15 is 0 Å². The molecule has 0 spiro atoms. The molecule has 1 N–H and O–H groups in total. The summed E-state index contributed by atoms with van der Waals surface area (Å²) in [5.41, 5.74) is 0. The molecule has 0 saturated carbocycles. The molecule has 1 aromatic heterocycles. The lowest BCUT2D eigenvalue weighted by molar-refractivity contribution is 0.167. The average molecular weight is 287 g/mol. The molecule has 1 saturated heterocycles. The van der Waals surface area contributed by atoms with Crippen molar-refractivity contribution in [2.75, 3.05) is 32.2 Å². The molecule has 1 aromatic rings. The van der Waals surface area contributed by atoms with Crippen LogP contribution in [0.25, 0.3) is 0 Å². The number of ether oxygens (including phenoxy) is 2. The lowest BCUT2D eigenvalue weighted by Gasteiger charge is -2.20. The monoisotopic (exact) mass is 286 g/mol. The second-order valence-electron chi connectivity index (χ2n) is 4.09. The predicted octanol–water partition coefficient (Wildman–Crippen LogP) is 1.07. The molecule has 1 fully saturated rings. The zero-order valence-corrected chi connectivity index (χ0v) is 11.5. The van der Waals surface area contributed by atoms with Crippen molar-refractivity contribution in [1.29, 1.82) is 0 Å². The van der Waals surface area contributed by atoms with E-state index < -0.39 is 6.09 Å². The molecule has 0 bridgehead atoms. The van der Waals surface area contributed by atoms with Crippen molar-refractivity contribution in [3.05, 3.63) is 11.5 Å². The van der Waals surface area contributed by atoms with E-state index in [1.54, 1.807) is 0 Å². The van der Waals surface area contributed by atoms with Gasteiger partial charge in [0.1, 0.15) is 6.33 Å². The molecular formula is C11H15ClN4O3. The molecular weight excluding hydrogens is 272 g/mol. The zero-order valence-electron chi connectivity index (χ0n) is 10.7. The number of alkyl carbamates (subject to hydrolysis) is 1. The van der Waals surface area contributed by atoms with Crippen LogP contribution in [0.2, 0.25) is 5.15 Å². The minimum atomic E-state index is -0.431. The van der Waals surface area contributed by atoms with Crippen molar-refractivity contribution >= 4 is 23.5 Å². The van der Waals surface area contributed by atoms with E-state index in [1.807, 2.05) is 4.90 Å². The maximum atomic E-state index is 11.2. The number of aromatic nitrogens is 2. The first kappa shape index (κ1) is 13.7. The third-order valence-corrected chi connectivity index (χ3v) is 3.21. The Kier molecular flexibility index (Phi) is 4.26. The number of nitrogens with zero attached hydrogens (tertiary/aromatic N) is 3. The highest BCUT2D eigenvalue weighted by molar-refractivity contribution is 6.31. The highest BCUT2D eigenvalue weighted by Crippen LogP contribution is 2.33. The van der Waals surface area contributed by atoms with E-state index in [9.17, 15) is 4.79 Å². The summed E-state index contributed by atoms with van der Waals surface area (Å²) in [7, 11) is 2.86. The van der Waals surface area contributed by atoms with Gasteiger partial charge in [-0.1, -0.05) is 11.6 Å². The van der Waals surface area contributed by atoms with E-state index in [2.05, 4.69) is 20.0 Å². The zero-order chi connectivity index (χ0) is 13.8. The van der Waals surface area contributed by atoms with Gasteiger partial charge in [0.2, 0.25) is 0 Å². The summed E-state index contributed by atoms with van der Waals surface area (Å²) in [5.74, 6) is 1.08. The predicted molar refractivity (Wildman–Crippen MR) is 69.8 cm³/mol. The Morgan fingerprint density at radius 2 is 2.32 bits per heavy atom. The van der Waals surface area contributed by atoms with Gasteiger partial charge in [-0.25, -0.2) is 14.8 Å². The summed E-state index contributed by atoms with van der Waals surface area (Å²) in [6.45, 7) is 1.37. The molecule has 1 atom stereocenters. The summed E-state index contributed by atoms with van der Waals surface area (Å²) in [5, 5.41) is 3.04. The number of halogens is 1. The van der Waals surface area contributed by atoms with Crippen molar-refractivity contribution in [3.8, 4) is 5.75 Å². The van der Waals surface area contributed by atoms with Gasteiger partial charge in [-0.15, -0.1) is 0 Å². The van der Waals surface area contributed by atoms with Crippen LogP contribution in [0.3, 0.4) is 0 Å². The number of hydrogen-bond acceptors (Lipinski definition) is 6. The third-order valence-electron chi connectivity index (χ3n) is 2.94. The Labute approximate surface area is 115 Å². The molecule has 2 rings (SSSR count). The maximum Gasteiger partial charge on any atom is 0.407 e. The van der Waals surface area contributed by atoms with Gasteiger partial charge in [0.15, 0.2) is 16.7 Å². The quantitative estimate of drug-likeness (QED) is 0.838. The van der Waals surface area contributed by atoms with Crippen LogP contribution < -0.4 is 15.0 Å². The molecule has 0 aliphatic carbocycles. The Bertz CT molecular complexity index is 471. The third kappa shape index (κ3) is 2.98. The molecule has 1 aliphatic rings. The van der Waals surface area contributed by atoms with Gasteiger partial charge in [-0.05, 0) is 6.42 Å². The summed E-state index contributed by atoms with van der Waals surface area (Å²) < 4.78 is 9.79. The standard InChI is InChI=1S/C11H15ClN4O3/c1-18-8-9(12)13-6-14-10(8)16-4-3-7(5-16)15-11(17)19-2/h6-7H,3-5H2,1-2H3,(H,15,17). The Morgan fingerprint density at radius 3 is 3.00 bits per heavy atom. The molecule has 1 amide bonds. The fourth-order valence-electron chi connectivity index (χ4n) is 2.04. The molecule has 1 aliphatic heterocycles. The summed E-state index contributed by atoms with van der Waals surface area (Å²) in [4.78, 5) is 21.2. The van der Waals surface area contributed by atoms with Gasteiger partial charge >= 0.3 is 6.09 Å². The number of methoxy groups -OCH3 is 2. The normalized spacial score (nSPS) is 18.3. The van der Waals surface area contributed by atoms with Crippen LogP contribution in [0.4, 0.5) is 10.6 Å². The first-order valence-corrected chi connectivity index (χ1v) is 6.17. The van der Waals surface area contributed by atoms with Crippen LogP contribution in [-0.4, -0.2) is 49.4 Å². The SMILES string of the molecule is COC(=O)NC1CCN(c2ncnc(Cl)c2OC)C1. The molecule has 19 heavy (non-hydrogen) atoms. The first-order chi connectivity index (χ1) is 9.15. The van der Waals surface area contributed by atoms with Crippen LogP contribution in [0.5, 0.6) is 5.75 Å². The van der Waals surface area contributed by atoms with Crippen LogP contribution in [0, 0.1) is 0 Å². The van der Waals surface area contributed by atoms with Crippen molar-refractivity contribution in [3.63, 3.8) is 0 Å².